The number of nitrogens with two attached hydrogens (primary N) is 1. The Morgan fingerprint density at radius 3 is 2.73 bits per heavy atom. The number of unbranched alkanes of at least 4 members (excludes halogenated alkanes) is 1. The van der Waals surface area contributed by atoms with Crippen molar-refractivity contribution in [2.24, 2.45) is 11.7 Å². The van der Waals surface area contributed by atoms with Gasteiger partial charge < -0.3 is 26.0 Å². The van der Waals surface area contributed by atoms with Crippen LogP contribution < -0.4 is 5.73 Å². The molecule has 1 saturated heterocycles. The van der Waals surface area contributed by atoms with Crippen molar-refractivity contribution in [3.05, 3.63) is 58.7 Å². The van der Waals surface area contributed by atoms with E-state index in [9.17, 15) is 25.4 Å². The van der Waals surface area contributed by atoms with Gasteiger partial charge >= 0.3 is 0 Å². The number of carbonyl (C=O) groups excluding carboxylic acids is 1. The summed E-state index contributed by atoms with van der Waals surface area (Å²) in [7, 11) is 0. The highest BCUT2D eigenvalue weighted by Crippen LogP contribution is 2.63. The minimum absolute atomic E-state index is 0.00687. The van der Waals surface area contributed by atoms with E-state index in [4.69, 9.17) is 5.73 Å². The minimum Gasteiger partial charge on any atom is -0.396 e. The molecule has 1 amide bonds. The van der Waals surface area contributed by atoms with Crippen molar-refractivity contribution < 1.29 is 20.1 Å². The number of aryl methyl sites for hydroxylation is 1. The van der Waals surface area contributed by atoms with Crippen molar-refractivity contribution in [3.8, 4) is 17.2 Å². The fourth-order valence-corrected chi connectivity index (χ4v) is 7.14. The van der Waals surface area contributed by atoms with Gasteiger partial charge in [-0.1, -0.05) is 29.8 Å². The molecule has 2 aromatic rings. The lowest BCUT2D eigenvalue weighted by Crippen LogP contribution is -2.66. The first-order chi connectivity index (χ1) is 17.7. The highest BCUT2D eigenvalue weighted by molar-refractivity contribution is 5.81. The third-order valence-corrected chi connectivity index (χ3v) is 8.99. The average Bonchev–Trinajstić information content (AvgIpc) is 3.25. The zero-order chi connectivity index (χ0) is 26.4. The first-order valence-electron chi connectivity index (χ1n) is 13.5. The van der Waals surface area contributed by atoms with Crippen LogP contribution in [0.3, 0.4) is 0 Å². The van der Waals surface area contributed by atoms with E-state index in [1.165, 1.54) is 0 Å². The second-order valence-electron chi connectivity index (χ2n) is 11.3. The molecule has 0 unspecified atom stereocenters. The SMILES string of the molecule is Cc1cccc(-c2cc(C#N)cc3c2[C@](O)(CCCCO)[C@@]32CCCN(C(=O)[C@H]3C[C@@H](N)[C@@H](O)C3)C2)c1. The predicted octanol–water partition coefficient (Wildman–Crippen LogP) is 2.86. The van der Waals surface area contributed by atoms with Crippen LogP contribution >= 0.6 is 0 Å². The number of fused-ring (bicyclic) bond motifs is 2. The number of rotatable bonds is 6. The Bertz CT molecular complexity index is 1230. The van der Waals surface area contributed by atoms with Crippen molar-refractivity contribution in [1.82, 2.24) is 4.90 Å². The van der Waals surface area contributed by atoms with Crippen molar-refractivity contribution in [3.63, 3.8) is 0 Å². The van der Waals surface area contributed by atoms with Gasteiger partial charge in [0.1, 0.15) is 5.60 Å². The molecule has 1 spiro atoms. The summed E-state index contributed by atoms with van der Waals surface area (Å²) < 4.78 is 0. The van der Waals surface area contributed by atoms with E-state index in [1.807, 2.05) is 42.2 Å². The number of hydrogen-bond donors (Lipinski definition) is 4. The molecule has 0 aromatic heterocycles. The summed E-state index contributed by atoms with van der Waals surface area (Å²) in [4.78, 5) is 15.4. The van der Waals surface area contributed by atoms with Crippen molar-refractivity contribution in [2.75, 3.05) is 19.7 Å². The maximum atomic E-state index is 13.5. The van der Waals surface area contributed by atoms with Crippen LogP contribution in [-0.2, 0) is 15.8 Å². The molecule has 5 atom stereocenters. The van der Waals surface area contributed by atoms with Gasteiger partial charge in [0.2, 0.25) is 5.91 Å². The molecule has 3 aliphatic rings. The van der Waals surface area contributed by atoms with Crippen molar-refractivity contribution in [1.29, 1.82) is 5.26 Å². The van der Waals surface area contributed by atoms with Gasteiger partial charge in [0.05, 0.1) is 17.7 Å². The topological polar surface area (TPSA) is 131 Å². The summed E-state index contributed by atoms with van der Waals surface area (Å²) >= 11 is 0. The maximum absolute atomic E-state index is 13.5. The van der Waals surface area contributed by atoms with Gasteiger partial charge in [-0.2, -0.15) is 5.26 Å². The number of nitriles is 1. The Morgan fingerprint density at radius 1 is 1.24 bits per heavy atom. The highest BCUT2D eigenvalue weighted by Gasteiger charge is 2.64. The monoisotopic (exact) mass is 503 g/mol. The molecule has 7 nitrogen and oxygen atoms in total. The van der Waals surface area contributed by atoms with E-state index in [-0.39, 0.29) is 24.5 Å². The van der Waals surface area contributed by atoms with Gasteiger partial charge in [-0.05, 0) is 86.3 Å². The average molecular weight is 504 g/mol. The van der Waals surface area contributed by atoms with Gasteiger partial charge in [-0.25, -0.2) is 0 Å². The molecule has 5 rings (SSSR count). The van der Waals surface area contributed by atoms with Crippen LogP contribution in [0.5, 0.6) is 0 Å². The van der Waals surface area contributed by atoms with E-state index in [0.717, 1.165) is 34.2 Å². The molecule has 2 aliphatic carbocycles. The molecule has 2 aromatic carbocycles. The van der Waals surface area contributed by atoms with Crippen LogP contribution in [0.4, 0.5) is 0 Å². The summed E-state index contributed by atoms with van der Waals surface area (Å²) in [6, 6.07) is 13.8. The fourth-order valence-electron chi connectivity index (χ4n) is 7.14. The van der Waals surface area contributed by atoms with Gasteiger partial charge in [-0.3, -0.25) is 4.79 Å². The van der Waals surface area contributed by atoms with Crippen LogP contribution in [0.1, 0.15) is 67.2 Å². The Balaban J connectivity index is 1.59. The highest BCUT2D eigenvalue weighted by atomic mass is 16.3. The molecule has 1 aliphatic heterocycles. The summed E-state index contributed by atoms with van der Waals surface area (Å²) in [6.45, 7) is 3.06. The van der Waals surface area contributed by atoms with Crippen molar-refractivity contribution >= 4 is 5.91 Å². The number of hydrogen-bond acceptors (Lipinski definition) is 6. The Hall–Kier alpha value is -2.76. The molecule has 37 heavy (non-hydrogen) atoms. The summed E-state index contributed by atoms with van der Waals surface area (Å²) in [5, 5.41) is 42.0. The number of aliphatic hydroxyl groups is 3. The zero-order valence-corrected chi connectivity index (χ0v) is 21.5. The number of amides is 1. The van der Waals surface area contributed by atoms with Gasteiger partial charge in [0, 0.05) is 37.1 Å². The maximum Gasteiger partial charge on any atom is 0.225 e. The second kappa shape index (κ2) is 9.85. The molecule has 1 heterocycles. The molecule has 0 bridgehead atoms. The molecule has 7 heteroatoms. The Labute approximate surface area is 218 Å². The molecular weight excluding hydrogens is 466 g/mol. The predicted molar refractivity (Wildman–Crippen MR) is 140 cm³/mol. The van der Waals surface area contributed by atoms with Gasteiger partial charge in [-0.15, -0.1) is 0 Å². The first-order valence-corrected chi connectivity index (χ1v) is 13.5. The van der Waals surface area contributed by atoms with E-state index in [0.29, 0.717) is 57.2 Å². The standard InChI is InChI=1S/C30H37N3O4/c1-19-6-4-7-21(12-19)23-13-20(17-31)14-24-27(23)30(37,9-2-3-11-34)29(24)8-5-10-33(18-29)28(36)22-15-25(32)26(35)16-22/h4,6-7,12-14,22,25-26,34-35,37H,2-3,5,8-11,15-16,18,32H2,1H3/t22-,25+,26-,29+,30+/m0/s1. The van der Waals surface area contributed by atoms with Crippen LogP contribution in [0.15, 0.2) is 36.4 Å². The third-order valence-electron chi connectivity index (χ3n) is 8.99. The molecule has 1 saturated carbocycles. The molecule has 0 radical (unpaired) electrons. The van der Waals surface area contributed by atoms with E-state index in [2.05, 4.69) is 12.1 Å². The lowest BCUT2D eigenvalue weighted by molar-refractivity contribution is -0.149. The second-order valence-corrected chi connectivity index (χ2v) is 11.3. The number of carbonyl (C=O) groups is 1. The molecule has 196 valence electrons. The molecule has 2 fully saturated rings. The van der Waals surface area contributed by atoms with Crippen LogP contribution in [0.25, 0.3) is 11.1 Å². The minimum atomic E-state index is -1.19. The van der Waals surface area contributed by atoms with Gasteiger partial charge in [0.25, 0.3) is 0 Å². The fraction of sp³-hybridized carbons (Fsp3) is 0.533. The normalized spacial score (nSPS) is 30.6. The largest absolute Gasteiger partial charge is 0.396 e. The number of aliphatic hydroxyl groups excluding tert-OH is 2. The Kier molecular flexibility index (Phi) is 6.88. The van der Waals surface area contributed by atoms with E-state index >= 15 is 0 Å². The number of nitrogens with zero attached hydrogens (tertiary/aromatic N) is 2. The summed E-state index contributed by atoms with van der Waals surface area (Å²) in [5.41, 5.74) is 9.40. The molecular formula is C30H37N3O4. The Morgan fingerprint density at radius 2 is 2.05 bits per heavy atom. The lowest BCUT2D eigenvalue weighted by atomic mass is 9.47. The van der Waals surface area contributed by atoms with Crippen LogP contribution in [-0.4, -0.2) is 58.0 Å². The summed E-state index contributed by atoms with van der Waals surface area (Å²) in [6.07, 6.45) is 3.35. The van der Waals surface area contributed by atoms with Gasteiger partial charge in [0.15, 0.2) is 0 Å². The lowest BCUT2D eigenvalue weighted by Gasteiger charge is -2.62. The number of benzene rings is 2. The summed E-state index contributed by atoms with van der Waals surface area (Å²) in [5.74, 6) is -0.317. The van der Waals surface area contributed by atoms with Crippen LogP contribution in [0, 0.1) is 24.2 Å². The first kappa shape index (κ1) is 25.9. The number of piperidine rings is 1. The zero-order valence-electron chi connectivity index (χ0n) is 21.5. The smallest absolute Gasteiger partial charge is 0.225 e. The molecule has 5 N–H and O–H groups in total. The van der Waals surface area contributed by atoms with Crippen molar-refractivity contribution in [2.45, 2.75) is 75.0 Å². The van der Waals surface area contributed by atoms with E-state index in [1.54, 1.807) is 0 Å². The number of likely N-dealkylation sites (tertiary alicyclic amines) is 1. The quantitative estimate of drug-likeness (QED) is 0.449. The van der Waals surface area contributed by atoms with E-state index < -0.39 is 17.1 Å². The third kappa shape index (κ3) is 4.17. The van der Waals surface area contributed by atoms with Crippen LogP contribution in [0.2, 0.25) is 0 Å².